The second kappa shape index (κ2) is 17.5. The zero-order valence-corrected chi connectivity index (χ0v) is 6.03. The average molecular weight is 271 g/mol. The first kappa shape index (κ1) is 9.79. The molecular formula is C3H10NOPt. The Labute approximate surface area is 49.6 Å². The van der Waals surface area contributed by atoms with Crippen molar-refractivity contribution < 1.29 is 24.9 Å². The normalized spacial score (nSPS) is 6.17. The van der Waals surface area contributed by atoms with E-state index in [-0.39, 0.29) is 6.61 Å². The molecule has 3 N–H and O–H groups in total. The molecule has 2 nitrogen and oxygen atoms in total. The molecule has 6 heavy (non-hydrogen) atoms. The van der Waals surface area contributed by atoms with Gasteiger partial charge in [0.15, 0.2) is 0 Å². The third kappa shape index (κ3) is 23.2. The van der Waals surface area contributed by atoms with Crippen molar-refractivity contribution in [3.8, 4) is 0 Å². The third-order valence-corrected chi connectivity index (χ3v) is 0.129. The molecule has 0 spiro atoms. The predicted molar refractivity (Wildman–Crippen MR) is 22.0 cm³/mol. The van der Waals surface area contributed by atoms with E-state index in [1.165, 1.54) is 0 Å². The summed E-state index contributed by atoms with van der Waals surface area (Å²) in [7, 11) is 0. The van der Waals surface area contributed by atoms with E-state index >= 15 is 0 Å². The van der Waals surface area contributed by atoms with Crippen LogP contribution in [0.25, 0.3) is 0 Å². The molecule has 0 heterocycles. The van der Waals surface area contributed by atoms with Crippen LogP contribution in [-0.4, -0.2) is 18.3 Å². The molecule has 43 valence electrons. The van der Waals surface area contributed by atoms with Crippen molar-refractivity contribution in [2.24, 2.45) is 5.73 Å². The molecule has 0 aliphatic carbocycles. The fourth-order valence-corrected chi connectivity index (χ4v) is 0. The summed E-state index contributed by atoms with van der Waals surface area (Å²) in [6.45, 7) is 0.472. The number of aliphatic hydroxyl groups excluding tert-OH is 1. The fourth-order valence-electron chi connectivity index (χ4n) is 0. The van der Waals surface area contributed by atoms with E-state index < -0.39 is 0 Å². The summed E-state index contributed by atoms with van der Waals surface area (Å²) in [5.74, 6) is 0. The Morgan fingerprint density at radius 1 is 1.67 bits per heavy atom. The summed E-state index contributed by atoms with van der Waals surface area (Å²) < 4.78 is 0. The van der Waals surface area contributed by atoms with Gasteiger partial charge in [-0.1, -0.05) is 0 Å². The van der Waals surface area contributed by atoms with E-state index in [2.05, 4.69) is 19.8 Å². The van der Waals surface area contributed by atoms with Crippen molar-refractivity contribution in [1.82, 2.24) is 0 Å². The van der Waals surface area contributed by atoms with Crippen LogP contribution in [0.15, 0.2) is 0 Å². The Morgan fingerprint density at radius 3 is 1.83 bits per heavy atom. The molecule has 0 atom stereocenters. The number of hydrogen-bond donors (Lipinski definition) is 2. The Hall–Kier alpha value is 0.608. The van der Waals surface area contributed by atoms with Crippen molar-refractivity contribution in [3.63, 3.8) is 0 Å². The Kier molecular flexibility index (Phi) is 28.6. The van der Waals surface area contributed by atoms with Crippen LogP contribution in [0.3, 0.4) is 0 Å². The minimum atomic E-state index is 0.0972. The van der Waals surface area contributed by atoms with Crippen LogP contribution < -0.4 is 5.73 Å². The summed E-state index contributed by atoms with van der Waals surface area (Å²) in [4.78, 5) is 0. The van der Waals surface area contributed by atoms with Crippen molar-refractivity contribution in [3.05, 3.63) is 0 Å². The average Bonchev–Trinajstić information content (AvgIpc) is 1.72. The molecule has 0 aliphatic rings. The second-order valence-electron chi connectivity index (χ2n) is 0.512. The van der Waals surface area contributed by atoms with Gasteiger partial charge in [-0.3, -0.25) is 0 Å². The molecule has 0 aromatic rings. The van der Waals surface area contributed by atoms with Crippen molar-refractivity contribution in [2.45, 2.75) is 5.31 Å². The zero-order chi connectivity index (χ0) is 5.41. The van der Waals surface area contributed by atoms with Gasteiger partial charge < -0.3 is 10.8 Å². The number of rotatable bonds is 1. The van der Waals surface area contributed by atoms with Crippen LogP contribution >= 0.6 is 0 Å². The molecular weight excluding hydrogens is 261 g/mol. The number of aliphatic hydroxyl groups is 1. The van der Waals surface area contributed by atoms with Crippen LogP contribution in [-0.2, 0) is 19.8 Å². The van der Waals surface area contributed by atoms with E-state index in [0.29, 0.717) is 6.54 Å². The molecule has 0 saturated carbocycles. The van der Waals surface area contributed by atoms with Gasteiger partial charge in [0, 0.05) is 6.54 Å². The van der Waals surface area contributed by atoms with Gasteiger partial charge in [0.1, 0.15) is 0 Å². The molecule has 0 bridgehead atoms. The fraction of sp³-hybridized carbons (Fsp3) is 1.00. The van der Waals surface area contributed by atoms with Crippen LogP contribution in [0.1, 0.15) is 0 Å². The zero-order valence-electron chi connectivity index (χ0n) is 3.76. The summed E-state index contributed by atoms with van der Waals surface area (Å²) in [6.07, 6.45) is 0. The molecule has 0 saturated heterocycles. The summed E-state index contributed by atoms with van der Waals surface area (Å²) in [6, 6.07) is 0. The van der Waals surface area contributed by atoms with Crippen LogP contribution in [0.4, 0.5) is 0 Å². The van der Waals surface area contributed by atoms with E-state index in [9.17, 15) is 0 Å². The molecule has 0 rings (SSSR count). The van der Waals surface area contributed by atoms with Crippen molar-refractivity contribution >= 4 is 0 Å². The quantitative estimate of drug-likeness (QED) is 0.676. The summed E-state index contributed by atoms with van der Waals surface area (Å²) in [5, 5.41) is 9.72. The standard InChI is InChI=1S/C2H7NO.CH3.Pt/c3-1-2-4;;/h4H,1-3H2;1H3;. The molecule has 0 aromatic heterocycles. The molecule has 0 fully saturated rings. The van der Waals surface area contributed by atoms with E-state index in [1.807, 2.05) is 5.31 Å². The molecule has 0 aliphatic heterocycles. The Bertz CT molecular complexity index is 12.8. The SMILES string of the molecule is NCCO.[CH3][Pt]. The Balaban J connectivity index is 0. The summed E-state index contributed by atoms with van der Waals surface area (Å²) >= 11 is 2.14. The number of nitrogens with two attached hydrogens (primary N) is 1. The third-order valence-electron chi connectivity index (χ3n) is 0.129. The first-order valence-electron chi connectivity index (χ1n) is 1.54. The molecule has 0 aromatic carbocycles. The first-order chi connectivity index (χ1) is 2.91. The van der Waals surface area contributed by atoms with E-state index in [0.717, 1.165) is 0 Å². The van der Waals surface area contributed by atoms with E-state index in [4.69, 9.17) is 10.8 Å². The van der Waals surface area contributed by atoms with Gasteiger partial charge in [-0.2, -0.15) is 0 Å². The van der Waals surface area contributed by atoms with E-state index in [1.54, 1.807) is 0 Å². The van der Waals surface area contributed by atoms with Gasteiger partial charge in [0.25, 0.3) is 0 Å². The molecule has 3 heteroatoms. The van der Waals surface area contributed by atoms with Gasteiger partial charge in [0.05, 0.1) is 6.61 Å². The maximum absolute atomic E-state index is 7.75. The molecule has 0 amide bonds. The predicted octanol–water partition coefficient (Wildman–Crippen LogP) is -0.481. The minimum absolute atomic E-state index is 0.0972. The molecule has 0 radical (unpaired) electrons. The van der Waals surface area contributed by atoms with Crippen LogP contribution in [0.2, 0.25) is 5.31 Å². The van der Waals surface area contributed by atoms with Gasteiger partial charge in [-0.25, -0.2) is 0 Å². The van der Waals surface area contributed by atoms with Gasteiger partial charge >= 0.3 is 25.1 Å². The van der Waals surface area contributed by atoms with Crippen LogP contribution in [0.5, 0.6) is 0 Å². The van der Waals surface area contributed by atoms with Gasteiger partial charge in [-0.05, 0) is 0 Å². The summed E-state index contributed by atoms with van der Waals surface area (Å²) in [5.41, 5.74) is 4.78. The Morgan fingerprint density at radius 2 is 1.83 bits per heavy atom. The monoisotopic (exact) mass is 271 g/mol. The maximum atomic E-state index is 7.75. The van der Waals surface area contributed by atoms with Crippen molar-refractivity contribution in [2.75, 3.05) is 13.2 Å². The van der Waals surface area contributed by atoms with Crippen molar-refractivity contribution in [1.29, 1.82) is 0 Å². The topological polar surface area (TPSA) is 46.2 Å². The van der Waals surface area contributed by atoms with Crippen LogP contribution in [0, 0.1) is 0 Å². The van der Waals surface area contributed by atoms with Gasteiger partial charge in [-0.15, -0.1) is 0 Å². The molecule has 0 unspecified atom stereocenters. The van der Waals surface area contributed by atoms with Gasteiger partial charge in [0.2, 0.25) is 0 Å². The second-order valence-corrected chi connectivity index (χ2v) is 0.512. The number of hydrogen-bond acceptors (Lipinski definition) is 2. The first-order valence-corrected chi connectivity index (χ1v) is 3.81.